The molecule has 1 rings (SSSR count). The van der Waals surface area contributed by atoms with Crippen molar-refractivity contribution in [3.05, 3.63) is 28.7 Å². The molecule has 1 aromatic rings. The van der Waals surface area contributed by atoms with Gasteiger partial charge in [-0.1, -0.05) is 12.1 Å². The average Bonchev–Trinajstić information content (AvgIpc) is 2.33. The molecular weight excluding hydrogens is 386 g/mol. The molecule has 0 aliphatic carbocycles. The van der Waals surface area contributed by atoms with E-state index >= 15 is 0 Å². The zero-order chi connectivity index (χ0) is 16.3. The van der Waals surface area contributed by atoms with Crippen molar-refractivity contribution < 1.29 is 26.7 Å². The van der Waals surface area contributed by atoms with Gasteiger partial charge in [-0.05, 0) is 34.5 Å². The zero-order valence-electron chi connectivity index (χ0n) is 11.0. The zero-order valence-corrected chi connectivity index (χ0v) is 14.2. The van der Waals surface area contributed by atoms with Crippen LogP contribution in [0.5, 0.6) is 0 Å². The molecule has 2 N–H and O–H groups in total. The number of hydrogen-bond acceptors (Lipinski definition) is 5. The summed E-state index contributed by atoms with van der Waals surface area (Å²) < 4.78 is 48.7. The Hall–Kier alpha value is -0.970. The van der Waals surface area contributed by atoms with Crippen molar-refractivity contribution in [2.24, 2.45) is 0 Å². The number of halogens is 1. The minimum Gasteiger partial charge on any atom is -0.480 e. The molecule has 0 spiro atoms. The highest BCUT2D eigenvalue weighted by molar-refractivity contribution is 9.10. The van der Waals surface area contributed by atoms with E-state index in [0.29, 0.717) is 0 Å². The summed E-state index contributed by atoms with van der Waals surface area (Å²) in [6.45, 7) is 0. The molecule has 118 valence electrons. The second-order valence-electron chi connectivity index (χ2n) is 4.36. The Balaban J connectivity index is 2.98. The smallest absolute Gasteiger partial charge is 0.321 e. The van der Waals surface area contributed by atoms with Crippen LogP contribution < -0.4 is 4.72 Å². The predicted octanol–water partition coefficient (Wildman–Crippen LogP) is 0.615. The standard InChI is InChI=1S/C11H14BrNO6S2/c1-20(16,17)7-6-9(11(14)15)13-21(18,19)10-5-3-2-4-8(10)12/h2-5,9,13H,6-7H2,1H3,(H,14,15). The van der Waals surface area contributed by atoms with Crippen LogP contribution in [0.2, 0.25) is 0 Å². The van der Waals surface area contributed by atoms with E-state index < -0.39 is 37.6 Å². The van der Waals surface area contributed by atoms with Crippen LogP contribution in [-0.4, -0.2) is 46.0 Å². The van der Waals surface area contributed by atoms with Crippen LogP contribution in [0.4, 0.5) is 0 Å². The van der Waals surface area contributed by atoms with E-state index in [9.17, 15) is 21.6 Å². The lowest BCUT2D eigenvalue weighted by Crippen LogP contribution is -2.41. The number of sulfone groups is 1. The molecule has 0 fully saturated rings. The lowest BCUT2D eigenvalue weighted by molar-refractivity contribution is -0.139. The van der Waals surface area contributed by atoms with Crippen molar-refractivity contribution in [3.8, 4) is 0 Å². The summed E-state index contributed by atoms with van der Waals surface area (Å²) in [7, 11) is -7.46. The van der Waals surface area contributed by atoms with Gasteiger partial charge < -0.3 is 5.11 Å². The molecule has 0 amide bonds. The molecule has 10 heteroatoms. The maximum atomic E-state index is 12.1. The summed E-state index contributed by atoms with van der Waals surface area (Å²) >= 11 is 3.07. The molecule has 1 atom stereocenters. The first-order chi connectivity index (χ1) is 9.53. The van der Waals surface area contributed by atoms with Crippen molar-refractivity contribution in [1.82, 2.24) is 4.72 Å². The summed E-state index contributed by atoms with van der Waals surface area (Å²) in [5.41, 5.74) is 0. The van der Waals surface area contributed by atoms with Gasteiger partial charge in [0.05, 0.1) is 10.6 Å². The average molecular weight is 400 g/mol. The number of hydrogen-bond donors (Lipinski definition) is 2. The van der Waals surface area contributed by atoms with E-state index in [1.54, 1.807) is 6.07 Å². The monoisotopic (exact) mass is 399 g/mol. The summed E-state index contributed by atoms with van der Waals surface area (Å²) in [5.74, 6) is -1.86. The fourth-order valence-corrected chi connectivity index (χ4v) is 4.37. The molecule has 0 saturated heterocycles. The van der Waals surface area contributed by atoms with E-state index in [2.05, 4.69) is 15.9 Å². The Labute approximate surface area is 131 Å². The first-order valence-electron chi connectivity index (χ1n) is 5.70. The summed E-state index contributed by atoms with van der Waals surface area (Å²) in [6.07, 6.45) is 0.603. The van der Waals surface area contributed by atoms with E-state index in [1.165, 1.54) is 18.2 Å². The Bertz CT molecular complexity index is 729. The van der Waals surface area contributed by atoms with Crippen LogP contribution in [0.25, 0.3) is 0 Å². The van der Waals surface area contributed by atoms with Gasteiger partial charge in [0, 0.05) is 10.7 Å². The van der Waals surface area contributed by atoms with Crippen LogP contribution in [-0.2, 0) is 24.7 Å². The topological polar surface area (TPSA) is 118 Å². The molecule has 21 heavy (non-hydrogen) atoms. The molecule has 0 saturated carbocycles. The van der Waals surface area contributed by atoms with Crippen molar-refractivity contribution in [2.45, 2.75) is 17.4 Å². The second kappa shape index (κ2) is 6.86. The maximum Gasteiger partial charge on any atom is 0.321 e. The minimum absolute atomic E-state index is 0.115. The normalized spacial score (nSPS) is 13.8. The molecule has 1 unspecified atom stereocenters. The van der Waals surface area contributed by atoms with Gasteiger partial charge in [-0.3, -0.25) is 4.79 Å². The quantitative estimate of drug-likeness (QED) is 0.693. The number of carbonyl (C=O) groups is 1. The first kappa shape index (κ1) is 18.1. The third-order valence-electron chi connectivity index (χ3n) is 2.50. The molecule has 0 radical (unpaired) electrons. The predicted molar refractivity (Wildman–Crippen MR) is 80.2 cm³/mol. The molecule has 7 nitrogen and oxygen atoms in total. The maximum absolute atomic E-state index is 12.1. The van der Waals surface area contributed by atoms with E-state index in [-0.39, 0.29) is 15.8 Å². The Morgan fingerprint density at radius 1 is 1.29 bits per heavy atom. The molecule has 1 aromatic carbocycles. The highest BCUT2D eigenvalue weighted by atomic mass is 79.9. The third kappa shape index (κ3) is 5.73. The minimum atomic E-state index is -4.08. The van der Waals surface area contributed by atoms with Gasteiger partial charge >= 0.3 is 5.97 Å². The molecule has 0 heterocycles. The molecule has 0 aliphatic heterocycles. The SMILES string of the molecule is CS(=O)(=O)CCC(NS(=O)(=O)c1ccccc1Br)C(=O)O. The molecule has 0 aromatic heterocycles. The second-order valence-corrected chi connectivity index (χ2v) is 9.16. The third-order valence-corrected chi connectivity index (χ3v) is 5.96. The number of nitrogens with one attached hydrogen (secondary N) is 1. The number of benzene rings is 1. The molecule has 0 bridgehead atoms. The largest absolute Gasteiger partial charge is 0.480 e. The van der Waals surface area contributed by atoms with E-state index in [1.807, 2.05) is 4.72 Å². The number of aliphatic carboxylic acids is 1. The van der Waals surface area contributed by atoms with Gasteiger partial charge in [0.1, 0.15) is 15.9 Å². The van der Waals surface area contributed by atoms with Crippen molar-refractivity contribution >= 4 is 41.8 Å². The molecular formula is C11H14BrNO6S2. The van der Waals surface area contributed by atoms with Crippen LogP contribution in [0.3, 0.4) is 0 Å². The van der Waals surface area contributed by atoms with Crippen molar-refractivity contribution in [2.75, 3.05) is 12.0 Å². The highest BCUT2D eigenvalue weighted by Gasteiger charge is 2.27. The Kier molecular flexibility index (Phi) is 5.91. The lowest BCUT2D eigenvalue weighted by atomic mass is 10.2. The van der Waals surface area contributed by atoms with Gasteiger partial charge in [-0.15, -0.1) is 0 Å². The van der Waals surface area contributed by atoms with Crippen LogP contribution in [0, 0.1) is 0 Å². The van der Waals surface area contributed by atoms with Gasteiger partial charge in [-0.25, -0.2) is 16.8 Å². The van der Waals surface area contributed by atoms with Gasteiger partial charge in [0.15, 0.2) is 0 Å². The Morgan fingerprint density at radius 3 is 2.33 bits per heavy atom. The van der Waals surface area contributed by atoms with Crippen LogP contribution >= 0.6 is 15.9 Å². The van der Waals surface area contributed by atoms with E-state index in [0.717, 1.165) is 6.26 Å². The van der Waals surface area contributed by atoms with Crippen molar-refractivity contribution in [3.63, 3.8) is 0 Å². The van der Waals surface area contributed by atoms with Crippen LogP contribution in [0.1, 0.15) is 6.42 Å². The lowest BCUT2D eigenvalue weighted by Gasteiger charge is -2.15. The summed E-state index contributed by atoms with van der Waals surface area (Å²) in [6, 6.07) is 4.40. The Morgan fingerprint density at radius 2 is 1.86 bits per heavy atom. The summed E-state index contributed by atoms with van der Waals surface area (Å²) in [4.78, 5) is 11.0. The fraction of sp³-hybridized carbons (Fsp3) is 0.364. The van der Waals surface area contributed by atoms with Crippen LogP contribution in [0.15, 0.2) is 33.6 Å². The van der Waals surface area contributed by atoms with E-state index in [4.69, 9.17) is 5.11 Å². The van der Waals surface area contributed by atoms with Gasteiger partial charge in [-0.2, -0.15) is 4.72 Å². The van der Waals surface area contributed by atoms with Gasteiger partial charge in [0.25, 0.3) is 0 Å². The fourth-order valence-electron chi connectivity index (χ4n) is 1.48. The number of sulfonamides is 1. The highest BCUT2D eigenvalue weighted by Crippen LogP contribution is 2.21. The number of rotatable bonds is 7. The molecule has 0 aliphatic rings. The number of carboxylic acid groups (broad SMARTS) is 1. The number of carboxylic acids is 1. The van der Waals surface area contributed by atoms with Gasteiger partial charge in [0.2, 0.25) is 10.0 Å². The summed E-state index contributed by atoms with van der Waals surface area (Å²) in [5, 5.41) is 9.02. The van der Waals surface area contributed by atoms with Crippen molar-refractivity contribution in [1.29, 1.82) is 0 Å². The first-order valence-corrected chi connectivity index (χ1v) is 10.0.